The summed E-state index contributed by atoms with van der Waals surface area (Å²) >= 11 is 0. The van der Waals surface area contributed by atoms with Gasteiger partial charge < -0.3 is 14.5 Å². The Hall–Kier alpha value is -1.62. The molecule has 18 heavy (non-hydrogen) atoms. The van der Waals surface area contributed by atoms with Crippen molar-refractivity contribution in [2.45, 2.75) is 6.92 Å². The summed E-state index contributed by atoms with van der Waals surface area (Å²) in [5, 5.41) is 0. The molecule has 1 aliphatic heterocycles. The molecule has 5 heteroatoms. The van der Waals surface area contributed by atoms with E-state index < -0.39 is 0 Å². The smallest absolute Gasteiger partial charge is 0.339 e. The van der Waals surface area contributed by atoms with Crippen LogP contribution in [0.3, 0.4) is 0 Å². The number of anilines is 1. The van der Waals surface area contributed by atoms with Gasteiger partial charge in [0.05, 0.1) is 24.1 Å². The Morgan fingerprint density at radius 3 is 2.72 bits per heavy atom. The van der Waals surface area contributed by atoms with Crippen LogP contribution in [0.5, 0.6) is 0 Å². The van der Waals surface area contributed by atoms with Gasteiger partial charge in [0.15, 0.2) is 0 Å². The predicted molar refractivity (Wildman–Crippen MR) is 69.9 cm³/mol. The first-order valence-electron chi connectivity index (χ1n) is 6.26. The number of rotatable bonds is 3. The number of pyridine rings is 1. The van der Waals surface area contributed by atoms with E-state index in [2.05, 4.69) is 21.8 Å². The van der Waals surface area contributed by atoms with Crippen LogP contribution in [0, 0.1) is 0 Å². The Balaban J connectivity index is 2.09. The second-order valence-electron chi connectivity index (χ2n) is 4.44. The topological polar surface area (TPSA) is 45.7 Å². The number of carbonyl (C=O) groups is 1. The van der Waals surface area contributed by atoms with Gasteiger partial charge in [0.2, 0.25) is 0 Å². The number of hydrogen-bond donors (Lipinski definition) is 0. The van der Waals surface area contributed by atoms with Crippen LogP contribution in [-0.4, -0.2) is 55.7 Å². The Labute approximate surface area is 107 Å². The number of ether oxygens (including phenoxy) is 1. The SMILES string of the molecule is CCOC(=O)c1cncc(N2CCN(C)CC2)c1. The van der Waals surface area contributed by atoms with Crippen molar-refractivity contribution in [2.24, 2.45) is 0 Å². The Kier molecular flexibility index (Phi) is 4.15. The highest BCUT2D eigenvalue weighted by atomic mass is 16.5. The van der Waals surface area contributed by atoms with Crippen molar-refractivity contribution < 1.29 is 9.53 Å². The zero-order chi connectivity index (χ0) is 13.0. The quantitative estimate of drug-likeness (QED) is 0.748. The van der Waals surface area contributed by atoms with Gasteiger partial charge in [0.1, 0.15) is 0 Å². The molecule has 5 nitrogen and oxygen atoms in total. The summed E-state index contributed by atoms with van der Waals surface area (Å²) in [6.45, 7) is 6.18. The van der Waals surface area contributed by atoms with Gasteiger partial charge in [-0.3, -0.25) is 4.98 Å². The third-order valence-electron chi connectivity index (χ3n) is 3.10. The van der Waals surface area contributed by atoms with Crippen LogP contribution in [0.4, 0.5) is 5.69 Å². The second kappa shape index (κ2) is 5.82. The van der Waals surface area contributed by atoms with Gasteiger partial charge in [-0.2, -0.15) is 0 Å². The van der Waals surface area contributed by atoms with Crippen molar-refractivity contribution >= 4 is 11.7 Å². The number of aromatic nitrogens is 1. The summed E-state index contributed by atoms with van der Waals surface area (Å²) < 4.78 is 4.98. The molecule has 98 valence electrons. The molecule has 0 N–H and O–H groups in total. The van der Waals surface area contributed by atoms with E-state index in [-0.39, 0.29) is 5.97 Å². The molecular weight excluding hydrogens is 230 g/mol. The fourth-order valence-corrected chi connectivity index (χ4v) is 1.99. The zero-order valence-electron chi connectivity index (χ0n) is 10.9. The molecule has 0 aromatic carbocycles. The Morgan fingerprint density at radius 2 is 2.06 bits per heavy atom. The number of esters is 1. The zero-order valence-corrected chi connectivity index (χ0v) is 10.9. The van der Waals surface area contributed by atoms with Crippen LogP contribution in [0.2, 0.25) is 0 Å². The summed E-state index contributed by atoms with van der Waals surface area (Å²) in [4.78, 5) is 20.3. The summed E-state index contributed by atoms with van der Waals surface area (Å²) in [6, 6.07) is 1.86. The molecular formula is C13H19N3O2. The second-order valence-corrected chi connectivity index (χ2v) is 4.44. The van der Waals surface area contributed by atoms with Crippen molar-refractivity contribution in [3.05, 3.63) is 24.0 Å². The standard InChI is InChI=1S/C13H19N3O2/c1-3-18-13(17)11-8-12(10-14-9-11)16-6-4-15(2)5-7-16/h8-10H,3-7H2,1-2H3. The number of piperazine rings is 1. The molecule has 1 aromatic heterocycles. The molecule has 1 aromatic rings. The van der Waals surface area contributed by atoms with Crippen molar-refractivity contribution in [1.29, 1.82) is 0 Å². The minimum atomic E-state index is -0.305. The molecule has 2 rings (SSSR count). The molecule has 0 atom stereocenters. The van der Waals surface area contributed by atoms with E-state index in [1.54, 1.807) is 19.3 Å². The molecule has 2 heterocycles. The molecule has 0 radical (unpaired) electrons. The molecule has 0 spiro atoms. The van der Waals surface area contributed by atoms with Crippen LogP contribution in [0.25, 0.3) is 0 Å². The van der Waals surface area contributed by atoms with Gasteiger partial charge >= 0.3 is 5.97 Å². The minimum Gasteiger partial charge on any atom is -0.462 e. The molecule has 1 aliphatic rings. The lowest BCUT2D eigenvalue weighted by molar-refractivity contribution is 0.0526. The number of likely N-dealkylation sites (N-methyl/N-ethyl adjacent to an activating group) is 1. The summed E-state index contributed by atoms with van der Waals surface area (Å²) in [5.41, 5.74) is 1.52. The van der Waals surface area contributed by atoms with Gasteiger partial charge in [-0.05, 0) is 20.0 Å². The van der Waals surface area contributed by atoms with E-state index in [1.807, 2.05) is 6.07 Å². The van der Waals surface area contributed by atoms with Crippen molar-refractivity contribution in [2.75, 3.05) is 44.7 Å². The monoisotopic (exact) mass is 249 g/mol. The van der Waals surface area contributed by atoms with Crippen molar-refractivity contribution in [1.82, 2.24) is 9.88 Å². The fourth-order valence-electron chi connectivity index (χ4n) is 1.99. The van der Waals surface area contributed by atoms with E-state index in [4.69, 9.17) is 4.74 Å². The lowest BCUT2D eigenvalue weighted by Crippen LogP contribution is -2.44. The van der Waals surface area contributed by atoms with Gasteiger partial charge in [0.25, 0.3) is 0 Å². The lowest BCUT2D eigenvalue weighted by Gasteiger charge is -2.33. The van der Waals surface area contributed by atoms with Crippen LogP contribution in [-0.2, 0) is 4.74 Å². The maximum absolute atomic E-state index is 11.6. The van der Waals surface area contributed by atoms with Gasteiger partial charge in [-0.25, -0.2) is 4.79 Å². The molecule has 0 bridgehead atoms. The van der Waals surface area contributed by atoms with E-state index in [0.29, 0.717) is 12.2 Å². The van der Waals surface area contributed by atoms with E-state index in [1.165, 1.54) is 0 Å². The number of nitrogens with zero attached hydrogens (tertiary/aromatic N) is 3. The first kappa shape index (κ1) is 12.8. The molecule has 0 aliphatic carbocycles. The summed E-state index contributed by atoms with van der Waals surface area (Å²) in [5.74, 6) is -0.305. The molecule has 0 saturated carbocycles. The summed E-state index contributed by atoms with van der Waals surface area (Å²) in [6.07, 6.45) is 3.35. The van der Waals surface area contributed by atoms with Crippen LogP contribution in [0.1, 0.15) is 17.3 Å². The molecule has 0 unspecified atom stereocenters. The highest BCUT2D eigenvalue weighted by Crippen LogP contribution is 2.16. The molecule has 1 saturated heterocycles. The fraction of sp³-hybridized carbons (Fsp3) is 0.538. The highest BCUT2D eigenvalue weighted by Gasteiger charge is 2.16. The van der Waals surface area contributed by atoms with E-state index >= 15 is 0 Å². The number of hydrogen-bond acceptors (Lipinski definition) is 5. The maximum Gasteiger partial charge on any atom is 0.339 e. The van der Waals surface area contributed by atoms with E-state index in [9.17, 15) is 4.79 Å². The molecule has 0 amide bonds. The predicted octanol–water partition coefficient (Wildman–Crippen LogP) is 1.01. The maximum atomic E-state index is 11.6. The van der Waals surface area contributed by atoms with Crippen LogP contribution in [0.15, 0.2) is 18.5 Å². The first-order valence-corrected chi connectivity index (χ1v) is 6.26. The van der Waals surface area contributed by atoms with Crippen molar-refractivity contribution in [3.8, 4) is 0 Å². The molecule has 1 fully saturated rings. The lowest BCUT2D eigenvalue weighted by atomic mass is 10.2. The van der Waals surface area contributed by atoms with Gasteiger partial charge in [-0.15, -0.1) is 0 Å². The summed E-state index contributed by atoms with van der Waals surface area (Å²) in [7, 11) is 2.12. The third-order valence-corrected chi connectivity index (χ3v) is 3.10. The number of carbonyl (C=O) groups excluding carboxylic acids is 1. The average molecular weight is 249 g/mol. The third kappa shape index (κ3) is 2.98. The van der Waals surface area contributed by atoms with Crippen LogP contribution >= 0.6 is 0 Å². The Morgan fingerprint density at radius 1 is 1.33 bits per heavy atom. The van der Waals surface area contributed by atoms with Gasteiger partial charge in [0, 0.05) is 32.4 Å². The van der Waals surface area contributed by atoms with Crippen molar-refractivity contribution in [3.63, 3.8) is 0 Å². The average Bonchev–Trinajstić information content (AvgIpc) is 2.40. The largest absolute Gasteiger partial charge is 0.462 e. The minimum absolute atomic E-state index is 0.305. The first-order chi connectivity index (χ1) is 8.70. The van der Waals surface area contributed by atoms with E-state index in [0.717, 1.165) is 31.9 Å². The Bertz CT molecular complexity index is 414. The van der Waals surface area contributed by atoms with Gasteiger partial charge in [-0.1, -0.05) is 0 Å². The highest BCUT2D eigenvalue weighted by molar-refractivity contribution is 5.90. The normalized spacial score (nSPS) is 16.7. The van der Waals surface area contributed by atoms with Crippen LogP contribution < -0.4 is 4.90 Å².